The molecule has 4 rings (SSSR count). The summed E-state index contributed by atoms with van der Waals surface area (Å²) in [5, 5.41) is 0. The standard InChI is InChI=1S/C21H27N5O4/c1-16(27)23-8-10-24(11-9-23)19(28)6-7-26-18-5-3-2-4-17(18)22-20(21(26)29)25-12-14-30-15-13-25/h2-5H,6-15H2,1H3. The first-order valence-electron chi connectivity index (χ1n) is 10.4. The molecule has 160 valence electrons. The molecule has 1 aromatic carbocycles. The lowest BCUT2D eigenvalue weighted by molar-refractivity contribution is -0.138. The molecular formula is C21H27N5O4. The van der Waals surface area contributed by atoms with E-state index in [4.69, 9.17) is 4.74 Å². The monoisotopic (exact) mass is 413 g/mol. The Morgan fingerprint density at radius 2 is 1.67 bits per heavy atom. The number of fused-ring (bicyclic) bond motifs is 1. The summed E-state index contributed by atoms with van der Waals surface area (Å²) in [6.45, 7) is 6.40. The van der Waals surface area contributed by atoms with Crippen LogP contribution in [0.2, 0.25) is 0 Å². The topological polar surface area (TPSA) is 88.0 Å². The molecule has 30 heavy (non-hydrogen) atoms. The van der Waals surface area contributed by atoms with Crippen LogP contribution >= 0.6 is 0 Å². The van der Waals surface area contributed by atoms with Crippen molar-refractivity contribution in [3.05, 3.63) is 34.6 Å². The summed E-state index contributed by atoms with van der Waals surface area (Å²) in [7, 11) is 0. The Labute approximate surface area is 174 Å². The molecule has 9 heteroatoms. The second-order valence-electron chi connectivity index (χ2n) is 7.62. The molecule has 2 aliphatic rings. The van der Waals surface area contributed by atoms with Crippen LogP contribution in [0, 0.1) is 0 Å². The largest absolute Gasteiger partial charge is 0.378 e. The normalized spacial score (nSPS) is 17.4. The van der Waals surface area contributed by atoms with Crippen molar-refractivity contribution in [2.45, 2.75) is 19.9 Å². The van der Waals surface area contributed by atoms with Gasteiger partial charge in [0.1, 0.15) is 0 Å². The van der Waals surface area contributed by atoms with Gasteiger partial charge in [-0.1, -0.05) is 12.1 Å². The van der Waals surface area contributed by atoms with Crippen LogP contribution in [0.15, 0.2) is 29.1 Å². The van der Waals surface area contributed by atoms with E-state index in [0.29, 0.717) is 64.8 Å². The number of benzene rings is 1. The Morgan fingerprint density at radius 3 is 2.37 bits per heavy atom. The fourth-order valence-corrected chi connectivity index (χ4v) is 4.02. The minimum absolute atomic E-state index is 0.00100. The van der Waals surface area contributed by atoms with E-state index in [1.165, 1.54) is 0 Å². The maximum absolute atomic E-state index is 13.2. The molecule has 3 heterocycles. The Morgan fingerprint density at radius 1 is 1.00 bits per heavy atom. The van der Waals surface area contributed by atoms with E-state index in [2.05, 4.69) is 4.98 Å². The summed E-state index contributed by atoms with van der Waals surface area (Å²) in [5.74, 6) is 0.450. The van der Waals surface area contributed by atoms with Crippen LogP contribution in [-0.4, -0.2) is 83.6 Å². The molecule has 0 N–H and O–H groups in total. The van der Waals surface area contributed by atoms with E-state index in [9.17, 15) is 14.4 Å². The zero-order valence-corrected chi connectivity index (χ0v) is 17.2. The molecule has 2 aromatic rings. The van der Waals surface area contributed by atoms with Crippen LogP contribution in [0.4, 0.5) is 5.82 Å². The van der Waals surface area contributed by atoms with Crippen LogP contribution in [0.3, 0.4) is 0 Å². The van der Waals surface area contributed by atoms with Crippen molar-refractivity contribution < 1.29 is 14.3 Å². The summed E-state index contributed by atoms with van der Waals surface area (Å²) in [5.41, 5.74) is 1.29. The fraction of sp³-hybridized carbons (Fsp3) is 0.524. The Kier molecular flexibility index (Phi) is 5.98. The number of aromatic nitrogens is 2. The number of amides is 2. The Hall–Kier alpha value is -2.94. The molecule has 0 radical (unpaired) electrons. The van der Waals surface area contributed by atoms with Gasteiger partial charge in [0, 0.05) is 59.2 Å². The van der Waals surface area contributed by atoms with E-state index in [0.717, 1.165) is 11.0 Å². The van der Waals surface area contributed by atoms with Gasteiger partial charge in [-0.15, -0.1) is 0 Å². The van der Waals surface area contributed by atoms with Gasteiger partial charge in [-0.2, -0.15) is 0 Å². The quantitative estimate of drug-likeness (QED) is 0.717. The van der Waals surface area contributed by atoms with Gasteiger partial charge in [0.05, 0.1) is 24.2 Å². The molecule has 0 unspecified atom stereocenters. The van der Waals surface area contributed by atoms with Crippen molar-refractivity contribution >= 4 is 28.7 Å². The molecule has 0 aliphatic carbocycles. The number of ether oxygens (including phenoxy) is 1. The first-order valence-corrected chi connectivity index (χ1v) is 10.4. The number of hydrogen-bond acceptors (Lipinski definition) is 6. The van der Waals surface area contributed by atoms with Gasteiger partial charge in [-0.3, -0.25) is 14.4 Å². The highest BCUT2D eigenvalue weighted by Gasteiger charge is 2.23. The minimum atomic E-state index is -0.176. The zero-order chi connectivity index (χ0) is 21.1. The average Bonchev–Trinajstić information content (AvgIpc) is 2.78. The molecular weight excluding hydrogens is 386 g/mol. The predicted octanol–water partition coefficient (Wildman–Crippen LogP) is 0.314. The van der Waals surface area contributed by atoms with E-state index >= 15 is 0 Å². The predicted molar refractivity (Wildman–Crippen MR) is 112 cm³/mol. The lowest BCUT2D eigenvalue weighted by Crippen LogP contribution is -2.50. The Balaban J connectivity index is 1.53. The van der Waals surface area contributed by atoms with Crippen molar-refractivity contribution in [1.29, 1.82) is 0 Å². The molecule has 0 spiro atoms. The minimum Gasteiger partial charge on any atom is -0.378 e. The number of carbonyl (C=O) groups is 2. The van der Waals surface area contributed by atoms with E-state index in [1.54, 1.807) is 21.3 Å². The highest BCUT2D eigenvalue weighted by atomic mass is 16.5. The summed E-state index contributed by atoms with van der Waals surface area (Å²) in [6, 6.07) is 7.52. The summed E-state index contributed by atoms with van der Waals surface area (Å²) in [4.78, 5) is 47.5. The third-order valence-electron chi connectivity index (χ3n) is 5.77. The van der Waals surface area contributed by atoms with Crippen LogP contribution < -0.4 is 10.5 Å². The molecule has 0 saturated carbocycles. The van der Waals surface area contributed by atoms with Crippen LogP contribution in [-0.2, 0) is 20.9 Å². The number of carbonyl (C=O) groups excluding carboxylic acids is 2. The zero-order valence-electron chi connectivity index (χ0n) is 17.2. The van der Waals surface area contributed by atoms with Crippen molar-refractivity contribution in [2.75, 3.05) is 57.4 Å². The van der Waals surface area contributed by atoms with Crippen molar-refractivity contribution in [3.8, 4) is 0 Å². The SMILES string of the molecule is CC(=O)N1CCN(C(=O)CCn2c(=O)c(N3CCOCC3)nc3ccccc32)CC1. The van der Waals surface area contributed by atoms with Gasteiger partial charge in [0.25, 0.3) is 5.56 Å². The summed E-state index contributed by atoms with van der Waals surface area (Å²) >= 11 is 0. The molecule has 9 nitrogen and oxygen atoms in total. The highest BCUT2D eigenvalue weighted by molar-refractivity contribution is 5.79. The third-order valence-corrected chi connectivity index (χ3v) is 5.77. The van der Waals surface area contributed by atoms with Gasteiger partial charge in [0.2, 0.25) is 11.8 Å². The first-order chi connectivity index (χ1) is 14.5. The van der Waals surface area contributed by atoms with Gasteiger partial charge < -0.3 is 24.0 Å². The molecule has 2 fully saturated rings. The number of para-hydroxylation sites is 2. The van der Waals surface area contributed by atoms with Crippen LogP contribution in [0.5, 0.6) is 0 Å². The van der Waals surface area contributed by atoms with Gasteiger partial charge in [-0.25, -0.2) is 4.98 Å². The molecule has 0 bridgehead atoms. The number of aryl methyl sites for hydroxylation is 1. The second kappa shape index (κ2) is 8.83. The maximum atomic E-state index is 13.2. The van der Waals surface area contributed by atoms with E-state index < -0.39 is 0 Å². The van der Waals surface area contributed by atoms with Gasteiger partial charge in [0.15, 0.2) is 5.82 Å². The van der Waals surface area contributed by atoms with Crippen LogP contribution in [0.1, 0.15) is 13.3 Å². The smallest absolute Gasteiger partial charge is 0.294 e. The average molecular weight is 413 g/mol. The Bertz CT molecular complexity index is 991. The van der Waals surface area contributed by atoms with Crippen molar-refractivity contribution in [1.82, 2.24) is 19.4 Å². The number of hydrogen-bond donors (Lipinski definition) is 0. The molecule has 0 atom stereocenters. The highest BCUT2D eigenvalue weighted by Crippen LogP contribution is 2.16. The second-order valence-corrected chi connectivity index (χ2v) is 7.62. The lowest BCUT2D eigenvalue weighted by Gasteiger charge is -2.34. The number of piperazine rings is 1. The lowest BCUT2D eigenvalue weighted by atomic mass is 10.2. The molecule has 2 saturated heterocycles. The summed E-state index contributed by atoms with van der Waals surface area (Å²) < 4.78 is 7.06. The first kappa shape index (κ1) is 20.3. The molecule has 2 amide bonds. The molecule has 2 aliphatic heterocycles. The van der Waals surface area contributed by atoms with Gasteiger partial charge in [-0.05, 0) is 12.1 Å². The number of nitrogens with zero attached hydrogens (tertiary/aromatic N) is 5. The number of morpholine rings is 1. The fourth-order valence-electron chi connectivity index (χ4n) is 4.02. The van der Waals surface area contributed by atoms with Crippen molar-refractivity contribution in [3.63, 3.8) is 0 Å². The maximum Gasteiger partial charge on any atom is 0.294 e. The third kappa shape index (κ3) is 4.16. The van der Waals surface area contributed by atoms with Crippen molar-refractivity contribution in [2.24, 2.45) is 0 Å². The molecule has 1 aromatic heterocycles. The van der Waals surface area contributed by atoms with Crippen LogP contribution in [0.25, 0.3) is 11.0 Å². The summed E-state index contributed by atoms with van der Waals surface area (Å²) in [6.07, 6.45) is 0.233. The van der Waals surface area contributed by atoms with E-state index in [1.807, 2.05) is 29.2 Å². The number of anilines is 1. The van der Waals surface area contributed by atoms with E-state index in [-0.39, 0.29) is 23.8 Å². The number of rotatable bonds is 4. The van der Waals surface area contributed by atoms with Gasteiger partial charge >= 0.3 is 0 Å².